The quantitative estimate of drug-likeness (QED) is 0.327. The monoisotopic (exact) mass is 563 g/mol. The van der Waals surface area contributed by atoms with Crippen LogP contribution in [0.4, 0.5) is 0 Å². The van der Waals surface area contributed by atoms with Gasteiger partial charge in [-0.2, -0.15) is 0 Å². The van der Waals surface area contributed by atoms with Gasteiger partial charge < -0.3 is 19.7 Å². The van der Waals surface area contributed by atoms with Crippen molar-refractivity contribution in [2.75, 3.05) is 53.0 Å². The molecule has 3 fully saturated rings. The number of piperidine rings is 1. The van der Waals surface area contributed by atoms with Gasteiger partial charge in [0.05, 0.1) is 23.4 Å². The van der Waals surface area contributed by atoms with E-state index in [2.05, 4.69) is 32.4 Å². The van der Waals surface area contributed by atoms with Gasteiger partial charge in [-0.1, -0.05) is 6.92 Å². The van der Waals surface area contributed by atoms with Crippen LogP contribution in [0.5, 0.6) is 0 Å². The Balaban J connectivity index is 0.00000272. The smallest absolute Gasteiger partial charge is 0.193 e. The largest absolute Gasteiger partial charge is 0.375 e. The first-order chi connectivity index (χ1) is 14.7. The van der Waals surface area contributed by atoms with E-state index in [4.69, 9.17) is 14.5 Å². The van der Waals surface area contributed by atoms with Gasteiger partial charge in [0.1, 0.15) is 6.10 Å². The topological polar surface area (TPSA) is 62.2 Å². The first-order valence-electron chi connectivity index (χ1n) is 11.6. The summed E-state index contributed by atoms with van der Waals surface area (Å²) in [4.78, 5) is 14.2. The molecule has 2 unspecified atom stereocenters. The van der Waals surface area contributed by atoms with E-state index in [1.54, 1.807) is 11.3 Å². The van der Waals surface area contributed by atoms with E-state index in [9.17, 15) is 0 Å². The van der Waals surface area contributed by atoms with Crippen LogP contribution in [0.3, 0.4) is 0 Å². The van der Waals surface area contributed by atoms with Crippen LogP contribution >= 0.6 is 35.3 Å². The first kappa shape index (κ1) is 25.1. The number of aliphatic imine (C=N–C) groups is 1. The summed E-state index contributed by atoms with van der Waals surface area (Å²) in [5, 5.41) is 7.12. The van der Waals surface area contributed by atoms with Crippen LogP contribution in [-0.4, -0.2) is 85.9 Å². The number of guanidine groups is 1. The Morgan fingerprint density at radius 1 is 1.19 bits per heavy atom. The third-order valence-electron chi connectivity index (χ3n) is 6.53. The Labute approximate surface area is 208 Å². The van der Waals surface area contributed by atoms with Crippen molar-refractivity contribution >= 4 is 41.3 Å². The number of morpholine rings is 1. The zero-order chi connectivity index (χ0) is 20.8. The molecule has 4 rings (SSSR count). The molecule has 0 spiro atoms. The van der Waals surface area contributed by atoms with Crippen molar-refractivity contribution in [2.24, 2.45) is 10.9 Å². The lowest BCUT2D eigenvalue weighted by atomic mass is 9.97. The number of likely N-dealkylation sites (tertiary alicyclic amines) is 1. The van der Waals surface area contributed by atoms with Gasteiger partial charge in [-0.05, 0) is 51.1 Å². The van der Waals surface area contributed by atoms with E-state index in [0.717, 1.165) is 77.7 Å². The summed E-state index contributed by atoms with van der Waals surface area (Å²) in [6.45, 7) is 9.87. The van der Waals surface area contributed by atoms with E-state index >= 15 is 0 Å². The number of thiazole rings is 1. The number of aromatic nitrogens is 1. The Hall–Kier alpha value is -0.490. The van der Waals surface area contributed by atoms with Crippen LogP contribution in [0.1, 0.15) is 43.3 Å². The molecule has 3 saturated heterocycles. The maximum atomic E-state index is 5.99. The molecule has 2 atom stereocenters. The SMILES string of the molecule is CCc1nc(CN2CCC(CNC(=NC)N3CCOC(C4CCCO4)C3)CC2)cs1.I. The molecule has 0 aromatic carbocycles. The third-order valence-corrected chi connectivity index (χ3v) is 7.57. The van der Waals surface area contributed by atoms with Crippen molar-refractivity contribution < 1.29 is 9.47 Å². The number of hydrogen-bond donors (Lipinski definition) is 1. The summed E-state index contributed by atoms with van der Waals surface area (Å²) in [6, 6.07) is 0. The highest BCUT2D eigenvalue weighted by Gasteiger charge is 2.32. The molecule has 0 saturated carbocycles. The molecule has 9 heteroatoms. The second-order valence-electron chi connectivity index (χ2n) is 8.64. The zero-order valence-electron chi connectivity index (χ0n) is 18.9. The number of ether oxygens (including phenoxy) is 2. The van der Waals surface area contributed by atoms with Gasteiger partial charge in [-0.3, -0.25) is 9.89 Å². The summed E-state index contributed by atoms with van der Waals surface area (Å²) < 4.78 is 11.8. The molecule has 1 N–H and O–H groups in total. The van der Waals surface area contributed by atoms with Crippen LogP contribution in [-0.2, 0) is 22.4 Å². The van der Waals surface area contributed by atoms with E-state index in [0.29, 0.717) is 5.92 Å². The lowest BCUT2D eigenvalue weighted by Gasteiger charge is -2.38. The van der Waals surface area contributed by atoms with Crippen LogP contribution in [0, 0.1) is 5.92 Å². The van der Waals surface area contributed by atoms with E-state index in [1.807, 2.05) is 7.05 Å². The standard InChI is InChI=1S/C22H37N5O2S.HI/c1-3-21-25-18(16-30-21)14-26-8-6-17(7-9-26)13-24-22(23-2)27-10-12-29-20(15-27)19-5-4-11-28-19;/h16-17,19-20H,3-15H2,1-2H3,(H,23,24);1H. The van der Waals surface area contributed by atoms with E-state index < -0.39 is 0 Å². The molecule has 1 aromatic rings. The highest BCUT2D eigenvalue weighted by atomic mass is 127. The van der Waals surface area contributed by atoms with Crippen LogP contribution < -0.4 is 5.32 Å². The minimum absolute atomic E-state index is 0. The van der Waals surface area contributed by atoms with Crippen molar-refractivity contribution in [3.8, 4) is 0 Å². The van der Waals surface area contributed by atoms with E-state index in [1.165, 1.54) is 23.5 Å². The number of rotatable bonds is 6. The van der Waals surface area contributed by atoms with Crippen LogP contribution in [0.15, 0.2) is 10.4 Å². The first-order valence-corrected chi connectivity index (χ1v) is 12.5. The molecule has 7 nitrogen and oxygen atoms in total. The Morgan fingerprint density at radius 3 is 2.68 bits per heavy atom. The van der Waals surface area contributed by atoms with Crippen molar-refractivity contribution in [1.82, 2.24) is 20.1 Å². The van der Waals surface area contributed by atoms with Crippen molar-refractivity contribution in [2.45, 2.75) is 57.8 Å². The lowest BCUT2D eigenvalue weighted by molar-refractivity contribution is -0.0817. The van der Waals surface area contributed by atoms with Gasteiger partial charge in [0.25, 0.3) is 0 Å². The van der Waals surface area contributed by atoms with Gasteiger partial charge >= 0.3 is 0 Å². The minimum Gasteiger partial charge on any atom is -0.375 e. The molecule has 1 aromatic heterocycles. The molecule has 3 aliphatic rings. The summed E-state index contributed by atoms with van der Waals surface area (Å²) in [6.07, 6.45) is 6.19. The van der Waals surface area contributed by atoms with Crippen molar-refractivity contribution in [3.05, 3.63) is 16.1 Å². The highest BCUT2D eigenvalue weighted by Crippen LogP contribution is 2.22. The molecule has 3 aliphatic heterocycles. The number of halogens is 1. The fourth-order valence-corrected chi connectivity index (χ4v) is 5.45. The molecular formula is C22H38IN5O2S. The highest BCUT2D eigenvalue weighted by molar-refractivity contribution is 14.0. The minimum atomic E-state index is 0. The average Bonchev–Trinajstić information content (AvgIpc) is 3.48. The fourth-order valence-electron chi connectivity index (χ4n) is 4.72. The Morgan fingerprint density at radius 2 is 2.00 bits per heavy atom. The maximum absolute atomic E-state index is 5.99. The van der Waals surface area contributed by atoms with Crippen LogP contribution in [0.25, 0.3) is 0 Å². The zero-order valence-corrected chi connectivity index (χ0v) is 22.1. The molecule has 31 heavy (non-hydrogen) atoms. The number of hydrogen-bond acceptors (Lipinski definition) is 6. The maximum Gasteiger partial charge on any atom is 0.193 e. The lowest BCUT2D eigenvalue weighted by Crippen LogP contribution is -2.54. The molecule has 0 aliphatic carbocycles. The summed E-state index contributed by atoms with van der Waals surface area (Å²) in [5.41, 5.74) is 1.24. The average molecular weight is 564 g/mol. The predicted molar refractivity (Wildman–Crippen MR) is 137 cm³/mol. The van der Waals surface area contributed by atoms with Gasteiger partial charge in [0.2, 0.25) is 0 Å². The summed E-state index contributed by atoms with van der Waals surface area (Å²) in [5.74, 6) is 1.72. The van der Waals surface area contributed by atoms with Gasteiger partial charge in [0.15, 0.2) is 5.96 Å². The molecule has 0 amide bonds. The summed E-state index contributed by atoms with van der Waals surface area (Å²) in [7, 11) is 1.89. The summed E-state index contributed by atoms with van der Waals surface area (Å²) >= 11 is 1.79. The number of aryl methyl sites for hydroxylation is 1. The third kappa shape index (κ3) is 6.99. The molecular weight excluding hydrogens is 525 g/mol. The molecule has 0 radical (unpaired) electrons. The second kappa shape index (κ2) is 12.7. The van der Waals surface area contributed by atoms with Gasteiger partial charge in [-0.25, -0.2) is 4.98 Å². The second-order valence-corrected chi connectivity index (χ2v) is 9.58. The number of nitrogens with zero attached hydrogens (tertiary/aromatic N) is 4. The van der Waals surface area contributed by atoms with E-state index in [-0.39, 0.29) is 36.2 Å². The molecule has 4 heterocycles. The number of nitrogens with one attached hydrogen (secondary N) is 1. The molecule has 176 valence electrons. The fraction of sp³-hybridized carbons (Fsp3) is 0.818. The Kier molecular flexibility index (Phi) is 10.3. The normalized spacial score (nSPS) is 26.1. The van der Waals surface area contributed by atoms with Gasteiger partial charge in [0, 0.05) is 45.2 Å². The molecule has 0 bridgehead atoms. The Bertz CT molecular complexity index is 689. The van der Waals surface area contributed by atoms with Crippen LogP contribution in [0.2, 0.25) is 0 Å². The predicted octanol–water partition coefficient (Wildman–Crippen LogP) is 2.99. The van der Waals surface area contributed by atoms with Crippen molar-refractivity contribution in [1.29, 1.82) is 0 Å². The van der Waals surface area contributed by atoms with Gasteiger partial charge in [-0.15, -0.1) is 35.3 Å². The van der Waals surface area contributed by atoms with Crippen molar-refractivity contribution in [3.63, 3.8) is 0 Å².